The molecule has 0 aliphatic heterocycles. The van der Waals surface area contributed by atoms with Gasteiger partial charge in [-0.2, -0.15) is 14.0 Å². The number of aromatic nitrogens is 1. The molecule has 1 rings (SSSR count). The summed E-state index contributed by atoms with van der Waals surface area (Å²) in [4.78, 5) is 2.50. The van der Waals surface area contributed by atoms with Crippen LogP contribution < -0.4 is 4.74 Å². The van der Waals surface area contributed by atoms with Gasteiger partial charge < -0.3 is 4.74 Å². The minimum atomic E-state index is -4.31. The Morgan fingerprint density at radius 2 is 2.19 bits per heavy atom. The van der Waals surface area contributed by atoms with Gasteiger partial charge >= 0.3 is 6.61 Å². The Hall–Kier alpha value is -1.46. The van der Waals surface area contributed by atoms with Crippen molar-refractivity contribution in [2.45, 2.75) is 11.5 Å². The molecule has 0 amide bonds. The van der Waals surface area contributed by atoms with E-state index in [1.54, 1.807) is 6.07 Å². The molecule has 86 valence electrons. The number of hydrogen-bond donors (Lipinski definition) is 0. The molecule has 0 saturated heterocycles. The topological polar surface area (TPSA) is 80.0 Å². The second kappa shape index (κ2) is 4.59. The van der Waals surface area contributed by atoms with Gasteiger partial charge in [0.1, 0.15) is 11.0 Å². The molecule has 0 aliphatic rings. The first kappa shape index (κ1) is 12.6. The fraction of sp³-hybridized carbons (Fsp3) is 0.143. The Labute approximate surface area is 93.7 Å². The predicted molar refractivity (Wildman–Crippen MR) is 48.6 cm³/mol. The van der Waals surface area contributed by atoms with Crippen molar-refractivity contribution in [1.82, 2.24) is 4.98 Å². The summed E-state index contributed by atoms with van der Waals surface area (Å²) in [5.41, 5.74) is -0.138. The van der Waals surface area contributed by atoms with Crippen molar-refractivity contribution < 1.29 is 21.9 Å². The number of nitrogens with zero attached hydrogens (tertiary/aromatic N) is 2. The van der Waals surface area contributed by atoms with E-state index in [1.807, 2.05) is 0 Å². The van der Waals surface area contributed by atoms with Gasteiger partial charge in [-0.25, -0.2) is 13.4 Å². The molecule has 0 N–H and O–H groups in total. The minimum absolute atomic E-state index is 0.138. The lowest BCUT2D eigenvalue weighted by atomic mass is 10.3. The number of nitriles is 1. The van der Waals surface area contributed by atoms with Gasteiger partial charge in [-0.3, -0.25) is 0 Å². The molecule has 0 spiro atoms. The van der Waals surface area contributed by atoms with E-state index in [0.717, 1.165) is 12.3 Å². The normalized spacial score (nSPS) is 11.2. The molecule has 1 aromatic rings. The Bertz CT molecular complexity index is 541. The highest BCUT2D eigenvalue weighted by atomic mass is 35.7. The molecule has 0 unspecified atom stereocenters. The molecule has 0 atom stereocenters. The SMILES string of the molecule is N#Cc1cnc(OC(F)F)c(S(=O)(=O)Cl)c1. The number of pyridine rings is 1. The zero-order chi connectivity index (χ0) is 12.3. The van der Waals surface area contributed by atoms with Crippen LogP contribution >= 0.6 is 10.7 Å². The second-order valence-electron chi connectivity index (χ2n) is 2.46. The Balaban J connectivity index is 3.35. The molecule has 1 heterocycles. The fourth-order valence-electron chi connectivity index (χ4n) is 0.841. The highest BCUT2D eigenvalue weighted by molar-refractivity contribution is 8.13. The van der Waals surface area contributed by atoms with Gasteiger partial charge in [0.25, 0.3) is 9.05 Å². The van der Waals surface area contributed by atoms with Gasteiger partial charge in [-0.15, -0.1) is 0 Å². The largest absolute Gasteiger partial charge is 0.415 e. The van der Waals surface area contributed by atoms with Crippen molar-refractivity contribution in [2.75, 3.05) is 0 Å². The number of hydrogen-bond acceptors (Lipinski definition) is 5. The van der Waals surface area contributed by atoms with Crippen molar-refractivity contribution in [3.8, 4) is 11.9 Å². The summed E-state index contributed by atoms with van der Waals surface area (Å²) < 4.78 is 49.7. The molecule has 0 aromatic carbocycles. The Morgan fingerprint density at radius 3 is 2.62 bits per heavy atom. The molecular weight excluding hydrogens is 266 g/mol. The maximum Gasteiger partial charge on any atom is 0.388 e. The maximum atomic E-state index is 11.9. The standard InChI is InChI=1S/C7H3ClF2N2O3S/c8-16(13,14)5-1-4(2-11)3-12-6(5)15-7(9)10/h1,3,7H. The van der Waals surface area contributed by atoms with Crippen LogP contribution in [0.4, 0.5) is 8.78 Å². The number of ether oxygens (including phenoxy) is 1. The zero-order valence-corrected chi connectivity index (χ0v) is 8.97. The van der Waals surface area contributed by atoms with Crippen LogP contribution in [0.3, 0.4) is 0 Å². The van der Waals surface area contributed by atoms with E-state index in [9.17, 15) is 17.2 Å². The predicted octanol–water partition coefficient (Wildman–Crippen LogP) is 1.48. The van der Waals surface area contributed by atoms with E-state index < -0.39 is 26.4 Å². The molecule has 0 aliphatic carbocycles. The molecule has 0 bridgehead atoms. The first-order valence-electron chi connectivity index (χ1n) is 3.64. The van der Waals surface area contributed by atoms with Gasteiger partial charge in [-0.05, 0) is 6.07 Å². The summed E-state index contributed by atoms with van der Waals surface area (Å²) in [6.45, 7) is -3.24. The summed E-state index contributed by atoms with van der Waals surface area (Å²) in [7, 11) is 0.663. The van der Waals surface area contributed by atoms with Crippen molar-refractivity contribution in [3.63, 3.8) is 0 Å². The van der Waals surface area contributed by atoms with E-state index in [2.05, 4.69) is 9.72 Å². The van der Waals surface area contributed by atoms with Crippen LogP contribution in [0.25, 0.3) is 0 Å². The quantitative estimate of drug-likeness (QED) is 0.776. The number of alkyl halides is 2. The number of halogens is 3. The van der Waals surface area contributed by atoms with Crippen LogP contribution in [0.2, 0.25) is 0 Å². The van der Waals surface area contributed by atoms with E-state index in [4.69, 9.17) is 15.9 Å². The molecule has 16 heavy (non-hydrogen) atoms. The van der Waals surface area contributed by atoms with Crippen molar-refractivity contribution in [1.29, 1.82) is 5.26 Å². The van der Waals surface area contributed by atoms with E-state index in [-0.39, 0.29) is 5.56 Å². The first-order valence-corrected chi connectivity index (χ1v) is 5.95. The molecule has 0 saturated carbocycles. The molecular formula is C7H3ClF2N2O3S. The summed E-state index contributed by atoms with van der Waals surface area (Å²) in [6, 6.07) is 2.39. The summed E-state index contributed by atoms with van der Waals surface area (Å²) in [5, 5.41) is 8.48. The van der Waals surface area contributed by atoms with Crippen LogP contribution in [-0.2, 0) is 9.05 Å². The van der Waals surface area contributed by atoms with Crippen molar-refractivity contribution >= 4 is 19.7 Å². The lowest BCUT2D eigenvalue weighted by Gasteiger charge is -2.06. The smallest absolute Gasteiger partial charge is 0.388 e. The molecule has 9 heteroatoms. The number of rotatable bonds is 3. The average molecular weight is 269 g/mol. The van der Waals surface area contributed by atoms with Crippen LogP contribution in [-0.4, -0.2) is 20.0 Å². The van der Waals surface area contributed by atoms with Crippen molar-refractivity contribution in [3.05, 3.63) is 17.8 Å². The van der Waals surface area contributed by atoms with Crippen molar-refractivity contribution in [2.24, 2.45) is 0 Å². The maximum absolute atomic E-state index is 11.9. The third-order valence-electron chi connectivity index (χ3n) is 1.41. The van der Waals surface area contributed by atoms with E-state index in [1.165, 1.54) is 0 Å². The Kier molecular flexibility index (Phi) is 3.62. The highest BCUT2D eigenvalue weighted by Crippen LogP contribution is 2.26. The first-order chi connectivity index (χ1) is 7.34. The third-order valence-corrected chi connectivity index (χ3v) is 2.73. The van der Waals surface area contributed by atoms with Crippen LogP contribution in [0.15, 0.2) is 17.2 Å². The summed E-state index contributed by atoms with van der Waals surface area (Å²) >= 11 is 0. The van der Waals surface area contributed by atoms with Crippen LogP contribution in [0.1, 0.15) is 5.56 Å². The minimum Gasteiger partial charge on any atom is -0.415 e. The summed E-state index contributed by atoms with van der Waals surface area (Å²) in [5.74, 6) is -0.844. The third kappa shape index (κ3) is 3.01. The van der Waals surface area contributed by atoms with Crippen LogP contribution in [0, 0.1) is 11.3 Å². The highest BCUT2D eigenvalue weighted by Gasteiger charge is 2.21. The van der Waals surface area contributed by atoms with Gasteiger partial charge in [0.15, 0.2) is 0 Å². The fourth-order valence-corrected chi connectivity index (χ4v) is 1.75. The summed E-state index contributed by atoms with van der Waals surface area (Å²) in [6.07, 6.45) is 0.892. The Morgan fingerprint density at radius 1 is 1.56 bits per heavy atom. The van der Waals surface area contributed by atoms with Gasteiger partial charge in [-0.1, -0.05) is 0 Å². The molecule has 0 radical (unpaired) electrons. The van der Waals surface area contributed by atoms with E-state index >= 15 is 0 Å². The average Bonchev–Trinajstić information content (AvgIpc) is 2.15. The monoisotopic (exact) mass is 268 g/mol. The molecule has 0 fully saturated rings. The van der Waals surface area contributed by atoms with E-state index in [0.29, 0.717) is 0 Å². The van der Waals surface area contributed by atoms with Gasteiger partial charge in [0.2, 0.25) is 5.88 Å². The second-order valence-corrected chi connectivity index (χ2v) is 4.99. The zero-order valence-electron chi connectivity index (χ0n) is 7.39. The molecule has 1 aromatic heterocycles. The van der Waals surface area contributed by atoms with Gasteiger partial charge in [0.05, 0.1) is 5.56 Å². The lowest BCUT2D eigenvalue weighted by molar-refractivity contribution is -0.0548. The van der Waals surface area contributed by atoms with Crippen LogP contribution in [0.5, 0.6) is 5.88 Å². The lowest BCUT2D eigenvalue weighted by Crippen LogP contribution is -2.07. The van der Waals surface area contributed by atoms with Gasteiger partial charge in [0, 0.05) is 16.9 Å². The molecule has 5 nitrogen and oxygen atoms in total.